The average molecular weight is 370 g/mol. The van der Waals surface area contributed by atoms with E-state index in [1.165, 1.54) is 32.2 Å². The molecule has 0 radical (unpaired) electrons. The van der Waals surface area contributed by atoms with Gasteiger partial charge in [-0.05, 0) is 37.6 Å². The van der Waals surface area contributed by atoms with Gasteiger partial charge in [-0.25, -0.2) is 0 Å². The molecule has 2 aromatic rings. The van der Waals surface area contributed by atoms with Crippen LogP contribution in [0.1, 0.15) is 12.5 Å². The molecule has 2 aromatic carbocycles. The van der Waals surface area contributed by atoms with Gasteiger partial charge in [0, 0.05) is 5.69 Å². The molecule has 0 saturated heterocycles. The lowest BCUT2D eigenvalue weighted by Crippen LogP contribution is -2.15. The lowest BCUT2D eigenvalue weighted by molar-refractivity contribution is -0.384. The van der Waals surface area contributed by atoms with Crippen LogP contribution in [0, 0.1) is 17.0 Å². The van der Waals surface area contributed by atoms with E-state index in [0.717, 1.165) is 5.56 Å². The zero-order valence-electron chi connectivity index (χ0n) is 15.0. The molecule has 140 valence electrons. The molecule has 27 heavy (non-hydrogen) atoms. The number of carbonyl (C=O) groups is 1. The number of hydrogen-bond donors (Lipinski definition) is 2. The van der Waals surface area contributed by atoms with Gasteiger partial charge in [0.25, 0.3) is 11.6 Å². The summed E-state index contributed by atoms with van der Waals surface area (Å²) < 4.78 is 4.95. The number of azo groups is 1. The zero-order chi connectivity index (χ0) is 20.0. The molecule has 1 amide bonds. The number of benzene rings is 2. The van der Waals surface area contributed by atoms with Crippen molar-refractivity contribution in [1.29, 1.82) is 0 Å². The van der Waals surface area contributed by atoms with Crippen LogP contribution in [0.3, 0.4) is 0 Å². The highest BCUT2D eigenvalue weighted by Crippen LogP contribution is 2.32. The number of methoxy groups -OCH3 is 1. The van der Waals surface area contributed by atoms with Crippen molar-refractivity contribution in [2.24, 2.45) is 10.2 Å². The molecule has 0 saturated carbocycles. The highest BCUT2D eigenvalue weighted by Gasteiger charge is 2.18. The molecule has 0 heterocycles. The van der Waals surface area contributed by atoms with Crippen LogP contribution in [0.2, 0.25) is 0 Å². The number of rotatable bonds is 6. The van der Waals surface area contributed by atoms with E-state index in [4.69, 9.17) is 4.74 Å². The second kappa shape index (κ2) is 8.56. The lowest BCUT2D eigenvalue weighted by Gasteiger charge is -2.08. The first-order chi connectivity index (χ1) is 12.8. The summed E-state index contributed by atoms with van der Waals surface area (Å²) in [6.07, 6.45) is 0. The van der Waals surface area contributed by atoms with Crippen molar-refractivity contribution in [3.63, 3.8) is 0 Å². The minimum atomic E-state index is -0.691. The Labute approximate surface area is 155 Å². The topological polar surface area (TPSA) is 126 Å². The number of allylic oxidation sites excluding steroid dienone is 1. The Balaban J connectivity index is 2.32. The van der Waals surface area contributed by atoms with Gasteiger partial charge < -0.3 is 15.2 Å². The fourth-order valence-electron chi connectivity index (χ4n) is 2.14. The first kappa shape index (κ1) is 19.6. The number of nitro benzene ring substituents is 1. The molecule has 0 unspecified atom stereocenters. The fraction of sp³-hybridized carbons (Fsp3) is 0.167. The summed E-state index contributed by atoms with van der Waals surface area (Å²) >= 11 is 0. The summed E-state index contributed by atoms with van der Waals surface area (Å²) in [6.45, 7) is 3.08. The summed E-state index contributed by atoms with van der Waals surface area (Å²) in [6, 6.07) is 11.1. The van der Waals surface area contributed by atoms with E-state index < -0.39 is 10.8 Å². The molecule has 0 fully saturated rings. The van der Waals surface area contributed by atoms with Gasteiger partial charge in [0.15, 0.2) is 11.4 Å². The highest BCUT2D eigenvalue weighted by molar-refractivity contribution is 6.04. The Morgan fingerprint density at radius 2 is 1.96 bits per heavy atom. The smallest absolute Gasteiger partial charge is 0.300 e. The SMILES string of the molecule is COc1ccc(N=N/C(C(=O)Nc2ccccc2C)=C(\C)O)c([N+](=O)[O-])c1. The molecule has 0 bridgehead atoms. The maximum absolute atomic E-state index is 12.4. The Bertz CT molecular complexity index is 933. The van der Waals surface area contributed by atoms with Gasteiger partial charge in [-0.3, -0.25) is 14.9 Å². The van der Waals surface area contributed by atoms with E-state index in [1.807, 2.05) is 19.1 Å². The summed E-state index contributed by atoms with van der Waals surface area (Å²) in [7, 11) is 1.38. The molecular weight excluding hydrogens is 352 g/mol. The number of nitrogens with zero attached hydrogens (tertiary/aromatic N) is 3. The van der Waals surface area contributed by atoms with Gasteiger partial charge in [-0.15, -0.1) is 10.2 Å². The van der Waals surface area contributed by atoms with E-state index >= 15 is 0 Å². The number of nitrogens with one attached hydrogen (secondary N) is 1. The number of carbonyl (C=O) groups excluding carboxylic acids is 1. The molecule has 0 spiro atoms. The number of aliphatic hydroxyl groups is 1. The third kappa shape index (κ3) is 4.88. The molecular formula is C18H18N4O5. The molecule has 0 aromatic heterocycles. The van der Waals surface area contributed by atoms with Crippen molar-refractivity contribution < 1.29 is 19.6 Å². The molecule has 2 rings (SSSR count). The van der Waals surface area contributed by atoms with Crippen molar-refractivity contribution in [3.8, 4) is 5.75 Å². The summed E-state index contributed by atoms with van der Waals surface area (Å²) in [5.41, 5.74) is 0.592. The maximum atomic E-state index is 12.4. The standard InChI is InChI=1S/C18H18N4O5/c1-11-6-4-5-7-14(11)19-18(24)17(12(2)23)21-20-15-9-8-13(27-3)10-16(15)22(25)26/h4-10,23H,1-3H3,(H,19,24)/b17-12+,21-20?. The predicted molar refractivity (Wildman–Crippen MR) is 99.3 cm³/mol. The van der Waals surface area contributed by atoms with Crippen LogP contribution in [0.5, 0.6) is 5.75 Å². The average Bonchev–Trinajstić information content (AvgIpc) is 2.63. The number of hydrogen-bond acceptors (Lipinski definition) is 7. The number of aliphatic hydroxyl groups excluding tert-OH is 1. The normalized spacial score (nSPS) is 11.8. The summed E-state index contributed by atoms with van der Waals surface area (Å²) in [4.78, 5) is 23.0. The quantitative estimate of drug-likeness (QED) is 0.256. The Kier molecular flexibility index (Phi) is 6.21. The van der Waals surface area contributed by atoms with Crippen molar-refractivity contribution in [3.05, 3.63) is 69.6 Å². The Morgan fingerprint density at radius 3 is 2.56 bits per heavy atom. The molecule has 9 heteroatoms. The van der Waals surface area contributed by atoms with Crippen molar-refractivity contribution in [2.75, 3.05) is 12.4 Å². The van der Waals surface area contributed by atoms with Gasteiger partial charge in [-0.1, -0.05) is 18.2 Å². The third-order valence-corrected chi connectivity index (χ3v) is 3.59. The third-order valence-electron chi connectivity index (χ3n) is 3.59. The number of para-hydroxylation sites is 1. The van der Waals surface area contributed by atoms with Gasteiger partial charge >= 0.3 is 0 Å². The van der Waals surface area contributed by atoms with Crippen LogP contribution < -0.4 is 10.1 Å². The number of anilines is 1. The minimum Gasteiger partial charge on any atom is -0.510 e. The number of aryl methyl sites for hydroxylation is 1. The van der Waals surface area contributed by atoms with E-state index in [1.54, 1.807) is 12.1 Å². The lowest BCUT2D eigenvalue weighted by atomic mass is 10.2. The van der Waals surface area contributed by atoms with E-state index in [0.29, 0.717) is 5.69 Å². The van der Waals surface area contributed by atoms with Crippen molar-refractivity contribution >= 4 is 23.0 Å². The summed E-state index contributed by atoms with van der Waals surface area (Å²) in [5, 5.41) is 31.1. The predicted octanol–water partition coefficient (Wildman–Crippen LogP) is 4.42. The van der Waals surface area contributed by atoms with Crippen LogP contribution in [-0.4, -0.2) is 23.0 Å². The van der Waals surface area contributed by atoms with Gasteiger partial charge in [0.2, 0.25) is 0 Å². The second-order valence-electron chi connectivity index (χ2n) is 5.51. The highest BCUT2D eigenvalue weighted by atomic mass is 16.6. The number of ether oxygens (including phenoxy) is 1. The first-order valence-corrected chi connectivity index (χ1v) is 7.84. The maximum Gasteiger partial charge on any atom is 0.300 e. The molecule has 0 atom stereocenters. The van der Waals surface area contributed by atoms with E-state index in [2.05, 4.69) is 15.5 Å². The first-order valence-electron chi connectivity index (χ1n) is 7.84. The molecule has 2 N–H and O–H groups in total. The van der Waals surface area contributed by atoms with Crippen molar-refractivity contribution in [1.82, 2.24) is 0 Å². The molecule has 0 aliphatic heterocycles. The fourth-order valence-corrected chi connectivity index (χ4v) is 2.14. The Hall–Kier alpha value is -3.75. The molecule has 0 aliphatic rings. The number of nitro groups is 1. The summed E-state index contributed by atoms with van der Waals surface area (Å²) in [5.74, 6) is -0.780. The van der Waals surface area contributed by atoms with Crippen LogP contribution in [0.15, 0.2) is 64.1 Å². The molecule has 0 aliphatic carbocycles. The second-order valence-corrected chi connectivity index (χ2v) is 5.51. The van der Waals surface area contributed by atoms with Gasteiger partial charge in [0.05, 0.1) is 18.1 Å². The zero-order valence-corrected chi connectivity index (χ0v) is 15.0. The van der Waals surface area contributed by atoms with Crippen LogP contribution in [0.25, 0.3) is 0 Å². The number of amides is 1. The Morgan fingerprint density at radius 1 is 1.26 bits per heavy atom. The van der Waals surface area contributed by atoms with E-state index in [-0.39, 0.29) is 28.6 Å². The monoisotopic (exact) mass is 370 g/mol. The molecule has 9 nitrogen and oxygen atoms in total. The minimum absolute atomic E-state index is 0.0803. The van der Waals surface area contributed by atoms with Crippen LogP contribution >= 0.6 is 0 Å². The van der Waals surface area contributed by atoms with Crippen LogP contribution in [-0.2, 0) is 4.79 Å². The van der Waals surface area contributed by atoms with Crippen molar-refractivity contribution in [2.45, 2.75) is 13.8 Å². The van der Waals surface area contributed by atoms with E-state index in [9.17, 15) is 20.0 Å². The van der Waals surface area contributed by atoms with Gasteiger partial charge in [-0.2, -0.15) is 0 Å². The van der Waals surface area contributed by atoms with Crippen LogP contribution in [0.4, 0.5) is 17.1 Å². The van der Waals surface area contributed by atoms with Gasteiger partial charge in [0.1, 0.15) is 11.5 Å². The largest absolute Gasteiger partial charge is 0.510 e.